The molecule has 1 aromatic carbocycles. The van der Waals surface area contributed by atoms with Crippen molar-refractivity contribution in [3.05, 3.63) is 30.1 Å². The molecule has 1 heterocycles. The summed E-state index contributed by atoms with van der Waals surface area (Å²) in [5.41, 5.74) is 0.147. The molecule has 2 rings (SSSR count). The zero-order valence-corrected chi connectivity index (χ0v) is 8.52. The second-order valence-electron chi connectivity index (χ2n) is 3.08. The molecule has 0 bridgehead atoms. The summed E-state index contributed by atoms with van der Waals surface area (Å²) in [7, 11) is 0. The monoisotopic (exact) mass is 213 g/mol. The maximum atomic E-state index is 12.6. The molecule has 1 aliphatic heterocycles. The van der Waals surface area contributed by atoms with E-state index in [0.717, 1.165) is 24.6 Å². The predicted molar refractivity (Wildman–Crippen MR) is 54.9 cm³/mol. The molecule has 2 nitrogen and oxygen atoms in total. The molecule has 1 N–H and O–H groups in total. The summed E-state index contributed by atoms with van der Waals surface area (Å²) in [5.74, 6) is -0.197. The molecule has 0 saturated carbocycles. The topological polar surface area (TPSA) is 21.3 Å². The molecule has 0 aliphatic carbocycles. The van der Waals surface area contributed by atoms with Crippen LogP contribution < -0.4 is 5.32 Å². The van der Waals surface area contributed by atoms with Crippen LogP contribution in [0, 0.1) is 5.82 Å². The number of hydrogen-bond acceptors (Lipinski definition) is 3. The van der Waals surface area contributed by atoms with Crippen LogP contribution in [0.25, 0.3) is 0 Å². The van der Waals surface area contributed by atoms with Gasteiger partial charge in [0, 0.05) is 18.0 Å². The predicted octanol–water partition coefficient (Wildman–Crippen LogP) is 1.86. The highest BCUT2D eigenvalue weighted by Gasteiger charge is 2.14. The molecule has 0 aromatic heterocycles. The average molecular weight is 213 g/mol. The summed E-state index contributed by atoms with van der Waals surface area (Å²) in [5, 5.41) is 3.25. The first-order valence-electron chi connectivity index (χ1n) is 4.59. The van der Waals surface area contributed by atoms with Crippen LogP contribution in [0.3, 0.4) is 0 Å². The van der Waals surface area contributed by atoms with Gasteiger partial charge in [-0.1, -0.05) is 11.8 Å². The zero-order valence-electron chi connectivity index (χ0n) is 7.70. The van der Waals surface area contributed by atoms with Crippen LogP contribution in [0.4, 0.5) is 4.39 Å². The molecule has 1 atom stereocenters. The third-order valence-corrected chi connectivity index (χ3v) is 3.08. The first kappa shape index (κ1) is 9.96. The van der Waals surface area contributed by atoms with Gasteiger partial charge in [-0.15, -0.1) is 0 Å². The molecule has 0 spiro atoms. The van der Waals surface area contributed by atoms with Crippen LogP contribution in [0.15, 0.2) is 29.2 Å². The van der Waals surface area contributed by atoms with Crippen LogP contribution in [0.1, 0.15) is 0 Å². The van der Waals surface area contributed by atoms with Gasteiger partial charge in [-0.3, -0.25) is 0 Å². The molecule has 1 unspecified atom stereocenters. The van der Waals surface area contributed by atoms with E-state index in [1.54, 1.807) is 23.9 Å². The number of nitrogens with one attached hydrogen (secondary N) is 1. The van der Waals surface area contributed by atoms with Crippen molar-refractivity contribution in [3.63, 3.8) is 0 Å². The second-order valence-corrected chi connectivity index (χ2v) is 4.31. The van der Waals surface area contributed by atoms with Crippen molar-refractivity contribution >= 4 is 11.8 Å². The van der Waals surface area contributed by atoms with Gasteiger partial charge in [0.2, 0.25) is 0 Å². The number of rotatable bonds is 2. The Hall–Kier alpha value is -0.580. The van der Waals surface area contributed by atoms with Crippen molar-refractivity contribution in [2.75, 3.05) is 19.7 Å². The molecule has 1 aliphatic rings. The SMILES string of the molecule is Fc1ccc(SC2CNCCO2)cc1. The third kappa shape index (κ3) is 2.70. The Morgan fingerprint density at radius 3 is 2.79 bits per heavy atom. The molecular weight excluding hydrogens is 201 g/mol. The average Bonchev–Trinajstić information content (AvgIpc) is 2.23. The van der Waals surface area contributed by atoms with E-state index >= 15 is 0 Å². The third-order valence-electron chi connectivity index (χ3n) is 1.97. The molecule has 4 heteroatoms. The number of hydrogen-bond donors (Lipinski definition) is 1. The van der Waals surface area contributed by atoms with Crippen LogP contribution in [0.5, 0.6) is 0 Å². The quantitative estimate of drug-likeness (QED) is 0.810. The Morgan fingerprint density at radius 2 is 2.14 bits per heavy atom. The minimum Gasteiger partial charge on any atom is -0.365 e. The number of morpholine rings is 1. The summed E-state index contributed by atoms with van der Waals surface area (Å²) < 4.78 is 18.1. The van der Waals surface area contributed by atoms with Gasteiger partial charge in [-0.2, -0.15) is 0 Å². The van der Waals surface area contributed by atoms with E-state index in [2.05, 4.69) is 5.32 Å². The molecular formula is C10H12FNOS. The fourth-order valence-corrected chi connectivity index (χ4v) is 2.24. The Balaban J connectivity index is 1.92. The van der Waals surface area contributed by atoms with E-state index in [-0.39, 0.29) is 11.3 Å². The van der Waals surface area contributed by atoms with Gasteiger partial charge in [0.05, 0.1) is 6.61 Å². The molecule has 0 radical (unpaired) electrons. The number of benzene rings is 1. The van der Waals surface area contributed by atoms with Crippen molar-refractivity contribution < 1.29 is 9.13 Å². The Morgan fingerprint density at radius 1 is 1.36 bits per heavy atom. The smallest absolute Gasteiger partial charge is 0.123 e. The Labute approximate surface area is 86.8 Å². The second kappa shape index (κ2) is 4.77. The highest BCUT2D eigenvalue weighted by molar-refractivity contribution is 7.99. The normalized spacial score (nSPS) is 22.2. The van der Waals surface area contributed by atoms with E-state index in [1.807, 2.05) is 0 Å². The Kier molecular flexibility index (Phi) is 3.39. The van der Waals surface area contributed by atoms with E-state index < -0.39 is 0 Å². The highest BCUT2D eigenvalue weighted by atomic mass is 32.2. The minimum absolute atomic E-state index is 0.147. The van der Waals surface area contributed by atoms with E-state index in [9.17, 15) is 4.39 Å². The Bertz CT molecular complexity index is 285. The fraction of sp³-hybridized carbons (Fsp3) is 0.400. The lowest BCUT2D eigenvalue weighted by atomic mass is 10.4. The van der Waals surface area contributed by atoms with Crippen molar-refractivity contribution in [2.45, 2.75) is 10.3 Å². The summed E-state index contributed by atoms with van der Waals surface area (Å²) >= 11 is 1.62. The molecule has 76 valence electrons. The van der Waals surface area contributed by atoms with Crippen LogP contribution in [0.2, 0.25) is 0 Å². The lowest BCUT2D eigenvalue weighted by Crippen LogP contribution is -2.36. The van der Waals surface area contributed by atoms with Crippen molar-refractivity contribution in [2.24, 2.45) is 0 Å². The van der Waals surface area contributed by atoms with Gasteiger partial charge in [0.1, 0.15) is 11.3 Å². The summed E-state index contributed by atoms with van der Waals surface area (Å²) in [6.45, 7) is 2.52. The molecule has 1 aromatic rings. The van der Waals surface area contributed by atoms with E-state index in [0.29, 0.717) is 0 Å². The maximum absolute atomic E-state index is 12.6. The van der Waals surface area contributed by atoms with Crippen molar-refractivity contribution in [1.29, 1.82) is 0 Å². The van der Waals surface area contributed by atoms with E-state index in [4.69, 9.17) is 4.74 Å². The van der Waals surface area contributed by atoms with Gasteiger partial charge >= 0.3 is 0 Å². The summed E-state index contributed by atoms with van der Waals surface area (Å²) in [4.78, 5) is 1.04. The minimum atomic E-state index is -0.197. The molecule has 0 amide bonds. The fourth-order valence-electron chi connectivity index (χ4n) is 1.28. The number of ether oxygens (including phenoxy) is 1. The molecule has 1 fully saturated rings. The largest absolute Gasteiger partial charge is 0.365 e. The van der Waals surface area contributed by atoms with Crippen LogP contribution >= 0.6 is 11.8 Å². The standard InChI is InChI=1S/C10H12FNOS/c11-8-1-3-9(4-2-8)14-10-7-12-5-6-13-10/h1-4,10,12H,5-7H2. The van der Waals surface area contributed by atoms with Gasteiger partial charge in [-0.05, 0) is 24.3 Å². The number of thioether (sulfide) groups is 1. The van der Waals surface area contributed by atoms with Gasteiger partial charge < -0.3 is 10.1 Å². The first-order chi connectivity index (χ1) is 6.84. The van der Waals surface area contributed by atoms with Gasteiger partial charge in [0.25, 0.3) is 0 Å². The maximum Gasteiger partial charge on any atom is 0.123 e. The van der Waals surface area contributed by atoms with Crippen molar-refractivity contribution in [1.82, 2.24) is 5.32 Å². The number of halogens is 1. The lowest BCUT2D eigenvalue weighted by Gasteiger charge is -2.22. The van der Waals surface area contributed by atoms with Crippen LogP contribution in [-0.2, 0) is 4.74 Å². The molecule has 1 saturated heterocycles. The first-order valence-corrected chi connectivity index (χ1v) is 5.47. The van der Waals surface area contributed by atoms with Crippen molar-refractivity contribution in [3.8, 4) is 0 Å². The summed E-state index contributed by atoms with van der Waals surface area (Å²) in [6, 6.07) is 6.49. The lowest BCUT2D eigenvalue weighted by molar-refractivity contribution is 0.0853. The zero-order chi connectivity index (χ0) is 9.80. The van der Waals surface area contributed by atoms with E-state index in [1.165, 1.54) is 12.1 Å². The highest BCUT2D eigenvalue weighted by Crippen LogP contribution is 2.24. The summed E-state index contributed by atoms with van der Waals surface area (Å²) in [6.07, 6.45) is 0. The molecule has 14 heavy (non-hydrogen) atoms. The van der Waals surface area contributed by atoms with Crippen LogP contribution in [-0.4, -0.2) is 25.1 Å². The van der Waals surface area contributed by atoms with Gasteiger partial charge in [0.15, 0.2) is 0 Å². The van der Waals surface area contributed by atoms with Gasteiger partial charge in [-0.25, -0.2) is 4.39 Å².